The molecule has 0 amide bonds. The van der Waals surface area contributed by atoms with Gasteiger partial charge in [-0.15, -0.1) is 0 Å². The molecule has 1 aromatic rings. The zero-order valence-electron chi connectivity index (χ0n) is 11.5. The van der Waals surface area contributed by atoms with E-state index in [1.54, 1.807) is 4.31 Å². The monoisotopic (exact) mass is 295 g/mol. The van der Waals surface area contributed by atoms with Gasteiger partial charge in [-0.2, -0.15) is 12.7 Å². The van der Waals surface area contributed by atoms with Crippen molar-refractivity contribution in [1.29, 1.82) is 0 Å². The Morgan fingerprint density at radius 1 is 1.30 bits per heavy atom. The van der Waals surface area contributed by atoms with E-state index in [-0.39, 0.29) is 6.04 Å². The molecule has 0 spiro atoms. The fourth-order valence-electron chi connectivity index (χ4n) is 2.90. The molecule has 20 heavy (non-hydrogen) atoms. The summed E-state index contributed by atoms with van der Waals surface area (Å²) >= 11 is 0. The number of hydrogen-bond acceptors (Lipinski definition) is 3. The van der Waals surface area contributed by atoms with Crippen LogP contribution >= 0.6 is 0 Å². The third-order valence-corrected chi connectivity index (χ3v) is 5.63. The number of benzene rings is 1. The largest absolute Gasteiger partial charge is 0.313 e. The minimum Gasteiger partial charge on any atom is -0.313 e. The van der Waals surface area contributed by atoms with E-state index in [0.29, 0.717) is 19.6 Å². The van der Waals surface area contributed by atoms with E-state index in [4.69, 9.17) is 0 Å². The fourth-order valence-corrected chi connectivity index (χ4v) is 4.14. The van der Waals surface area contributed by atoms with Crippen LogP contribution in [0.15, 0.2) is 24.3 Å². The number of nitrogens with one attached hydrogen (secondary N) is 2. The van der Waals surface area contributed by atoms with Crippen molar-refractivity contribution in [2.75, 3.05) is 19.6 Å². The molecule has 0 saturated carbocycles. The first-order valence-electron chi connectivity index (χ1n) is 7.20. The first-order chi connectivity index (χ1) is 9.65. The van der Waals surface area contributed by atoms with Gasteiger partial charge in [0.1, 0.15) is 0 Å². The molecule has 0 aliphatic carbocycles. The predicted octanol–water partition coefficient (Wildman–Crippen LogP) is 0.631. The number of nitrogens with zero attached hydrogens (tertiary/aromatic N) is 1. The summed E-state index contributed by atoms with van der Waals surface area (Å²) in [7, 11) is -3.37. The molecule has 1 atom stereocenters. The minimum absolute atomic E-state index is 0.279. The third-order valence-electron chi connectivity index (χ3n) is 4.11. The molecule has 0 radical (unpaired) electrons. The topological polar surface area (TPSA) is 61.4 Å². The molecule has 2 heterocycles. The molecule has 110 valence electrons. The van der Waals surface area contributed by atoms with Gasteiger partial charge in [0.25, 0.3) is 10.2 Å². The quantitative estimate of drug-likeness (QED) is 0.856. The van der Waals surface area contributed by atoms with Crippen LogP contribution in [0.2, 0.25) is 0 Å². The Morgan fingerprint density at radius 3 is 2.85 bits per heavy atom. The second-order valence-electron chi connectivity index (χ2n) is 5.50. The zero-order chi connectivity index (χ0) is 14.0. The molecule has 0 bridgehead atoms. The molecule has 5 nitrogen and oxygen atoms in total. The maximum absolute atomic E-state index is 12.3. The zero-order valence-corrected chi connectivity index (χ0v) is 12.3. The number of fused-ring (bicyclic) bond motifs is 1. The van der Waals surface area contributed by atoms with Crippen molar-refractivity contribution in [3.05, 3.63) is 35.4 Å². The average molecular weight is 295 g/mol. The van der Waals surface area contributed by atoms with Crippen LogP contribution in [0.5, 0.6) is 0 Å². The van der Waals surface area contributed by atoms with E-state index in [2.05, 4.69) is 16.1 Å². The van der Waals surface area contributed by atoms with Crippen molar-refractivity contribution >= 4 is 10.2 Å². The second-order valence-corrected chi connectivity index (χ2v) is 7.25. The number of hydrogen-bond donors (Lipinski definition) is 2. The maximum atomic E-state index is 12.3. The summed E-state index contributed by atoms with van der Waals surface area (Å²) in [5.41, 5.74) is 2.37. The van der Waals surface area contributed by atoms with Gasteiger partial charge in [0, 0.05) is 25.7 Å². The highest BCUT2D eigenvalue weighted by Gasteiger charge is 2.27. The summed E-state index contributed by atoms with van der Waals surface area (Å²) in [6, 6.07) is 8.34. The van der Waals surface area contributed by atoms with E-state index in [1.165, 1.54) is 5.56 Å². The fraction of sp³-hybridized carbons (Fsp3) is 0.571. The highest BCUT2D eigenvalue weighted by atomic mass is 32.2. The molecule has 6 heteroatoms. The minimum atomic E-state index is -3.37. The van der Waals surface area contributed by atoms with Crippen molar-refractivity contribution in [3.8, 4) is 0 Å². The van der Waals surface area contributed by atoms with Crippen LogP contribution in [0.4, 0.5) is 0 Å². The Balaban J connectivity index is 1.63. The molecule has 1 unspecified atom stereocenters. The first-order valence-corrected chi connectivity index (χ1v) is 8.64. The third kappa shape index (κ3) is 3.03. The van der Waals surface area contributed by atoms with Crippen LogP contribution in [0.3, 0.4) is 0 Å². The van der Waals surface area contributed by atoms with Crippen LogP contribution in [0.25, 0.3) is 0 Å². The SMILES string of the molecule is O=S(=O)(NCC1CCCN1)N1CCc2ccccc2C1. The van der Waals surface area contributed by atoms with Crippen LogP contribution in [0, 0.1) is 0 Å². The molecule has 1 saturated heterocycles. The molecular weight excluding hydrogens is 274 g/mol. The van der Waals surface area contributed by atoms with Crippen molar-refractivity contribution in [2.45, 2.75) is 31.8 Å². The molecule has 2 N–H and O–H groups in total. The Morgan fingerprint density at radius 2 is 2.10 bits per heavy atom. The highest BCUT2D eigenvalue weighted by Crippen LogP contribution is 2.20. The Kier molecular flexibility index (Phi) is 4.07. The summed E-state index contributed by atoms with van der Waals surface area (Å²) < 4.78 is 29.0. The van der Waals surface area contributed by atoms with Crippen LogP contribution in [0.1, 0.15) is 24.0 Å². The molecular formula is C14H21N3O2S. The van der Waals surface area contributed by atoms with Crippen LogP contribution in [-0.4, -0.2) is 38.4 Å². The van der Waals surface area contributed by atoms with E-state index in [9.17, 15) is 8.42 Å². The molecule has 3 rings (SSSR count). The Hall–Kier alpha value is -0.950. The standard InChI is InChI=1S/C14H21N3O2S/c18-20(19,16-10-14-6-3-8-15-14)17-9-7-12-4-1-2-5-13(12)11-17/h1-2,4-5,14-16H,3,6-11H2. The van der Waals surface area contributed by atoms with Gasteiger partial charge in [-0.1, -0.05) is 24.3 Å². The molecule has 1 fully saturated rings. The van der Waals surface area contributed by atoms with E-state index >= 15 is 0 Å². The summed E-state index contributed by atoms with van der Waals surface area (Å²) in [4.78, 5) is 0. The first kappa shape index (κ1) is 14.0. The maximum Gasteiger partial charge on any atom is 0.279 e. The van der Waals surface area contributed by atoms with E-state index < -0.39 is 10.2 Å². The summed E-state index contributed by atoms with van der Waals surface area (Å²) in [6.07, 6.45) is 2.97. The van der Waals surface area contributed by atoms with Crippen LogP contribution in [-0.2, 0) is 23.2 Å². The second kappa shape index (κ2) is 5.81. The van der Waals surface area contributed by atoms with Crippen molar-refractivity contribution in [3.63, 3.8) is 0 Å². The van der Waals surface area contributed by atoms with E-state index in [1.807, 2.05) is 18.2 Å². The van der Waals surface area contributed by atoms with Crippen molar-refractivity contribution in [1.82, 2.24) is 14.3 Å². The van der Waals surface area contributed by atoms with Crippen molar-refractivity contribution in [2.24, 2.45) is 0 Å². The van der Waals surface area contributed by atoms with Gasteiger partial charge in [0.05, 0.1) is 0 Å². The number of rotatable bonds is 4. The van der Waals surface area contributed by atoms with Gasteiger partial charge in [-0.05, 0) is 36.9 Å². The average Bonchev–Trinajstić information content (AvgIpc) is 2.98. The lowest BCUT2D eigenvalue weighted by Gasteiger charge is -2.28. The van der Waals surface area contributed by atoms with Crippen molar-refractivity contribution < 1.29 is 8.42 Å². The lowest BCUT2D eigenvalue weighted by atomic mass is 10.0. The summed E-state index contributed by atoms with van der Waals surface area (Å²) in [5.74, 6) is 0. The predicted molar refractivity (Wildman–Crippen MR) is 78.5 cm³/mol. The Bertz CT molecular complexity index is 568. The normalized spacial score (nSPS) is 23.7. The molecule has 0 aromatic heterocycles. The summed E-state index contributed by atoms with van der Waals surface area (Å²) in [6.45, 7) is 2.51. The Labute approximate surface area is 120 Å². The highest BCUT2D eigenvalue weighted by molar-refractivity contribution is 7.87. The lowest BCUT2D eigenvalue weighted by molar-refractivity contribution is 0.381. The summed E-state index contributed by atoms with van der Waals surface area (Å²) in [5, 5.41) is 3.30. The smallest absolute Gasteiger partial charge is 0.279 e. The van der Waals surface area contributed by atoms with Gasteiger partial charge in [-0.3, -0.25) is 0 Å². The van der Waals surface area contributed by atoms with Gasteiger partial charge in [0.15, 0.2) is 0 Å². The van der Waals surface area contributed by atoms with Gasteiger partial charge in [0.2, 0.25) is 0 Å². The molecule has 2 aliphatic rings. The lowest BCUT2D eigenvalue weighted by Crippen LogP contribution is -2.46. The van der Waals surface area contributed by atoms with Gasteiger partial charge >= 0.3 is 0 Å². The van der Waals surface area contributed by atoms with Gasteiger partial charge in [-0.25, -0.2) is 4.72 Å². The molecule has 2 aliphatic heterocycles. The van der Waals surface area contributed by atoms with E-state index in [0.717, 1.165) is 31.4 Å². The van der Waals surface area contributed by atoms with Gasteiger partial charge < -0.3 is 5.32 Å². The molecule has 1 aromatic carbocycles. The van der Waals surface area contributed by atoms with Crippen LogP contribution < -0.4 is 10.0 Å².